The first-order valence-corrected chi connectivity index (χ1v) is 9.54. The Kier molecular flexibility index (Phi) is 10.8. The zero-order valence-corrected chi connectivity index (χ0v) is 17.0. The molecule has 6 nitrogen and oxygen atoms in total. The van der Waals surface area contributed by atoms with E-state index in [1.807, 2.05) is 12.1 Å². The first-order valence-electron chi connectivity index (χ1n) is 9.54. The summed E-state index contributed by atoms with van der Waals surface area (Å²) in [5.74, 6) is 0.974. The zero-order valence-electron chi connectivity index (χ0n) is 17.0. The van der Waals surface area contributed by atoms with Crippen LogP contribution in [0.2, 0.25) is 0 Å². The Morgan fingerprint density at radius 3 is 2.50 bits per heavy atom. The quantitative estimate of drug-likeness (QED) is 0.397. The van der Waals surface area contributed by atoms with Gasteiger partial charge in [0.05, 0.1) is 14.2 Å². The smallest absolute Gasteiger partial charge is 0.162 e. The van der Waals surface area contributed by atoms with Gasteiger partial charge in [-0.1, -0.05) is 50.6 Å². The third-order valence-electron chi connectivity index (χ3n) is 4.77. The number of aliphatic hydroxyl groups is 1. The molecule has 1 aliphatic carbocycles. The Bertz CT molecular complexity index is 665. The van der Waals surface area contributed by atoms with Gasteiger partial charge in [0.25, 0.3) is 0 Å². The van der Waals surface area contributed by atoms with E-state index in [2.05, 4.69) is 18.5 Å². The Balaban J connectivity index is 0.000000311. The number of rotatable bonds is 8. The second kappa shape index (κ2) is 12.9. The summed E-state index contributed by atoms with van der Waals surface area (Å²) in [5.41, 5.74) is 6.73. The van der Waals surface area contributed by atoms with Gasteiger partial charge in [0.2, 0.25) is 0 Å². The maximum Gasteiger partial charge on any atom is 0.162 e. The number of aromatic hydroxyl groups is 1. The number of hydrogen-bond acceptors (Lipinski definition) is 6. The molecule has 1 aromatic rings. The maximum absolute atomic E-state index is 9.95. The maximum atomic E-state index is 9.95. The van der Waals surface area contributed by atoms with Crippen LogP contribution in [0.1, 0.15) is 37.7 Å². The molecule has 0 unspecified atom stereocenters. The average molecular weight is 391 g/mol. The Morgan fingerprint density at radius 1 is 1.29 bits per heavy atom. The van der Waals surface area contributed by atoms with E-state index in [1.165, 1.54) is 45.3 Å². The van der Waals surface area contributed by atoms with E-state index in [1.54, 1.807) is 13.2 Å². The molecule has 0 aliphatic heterocycles. The third-order valence-corrected chi connectivity index (χ3v) is 4.77. The third kappa shape index (κ3) is 7.29. The van der Waals surface area contributed by atoms with Gasteiger partial charge in [-0.3, -0.25) is 0 Å². The van der Waals surface area contributed by atoms with E-state index >= 15 is 0 Å². The fourth-order valence-corrected chi connectivity index (χ4v) is 2.99. The van der Waals surface area contributed by atoms with Gasteiger partial charge >= 0.3 is 0 Å². The number of ether oxygens (including phenoxy) is 2. The highest BCUT2D eigenvalue weighted by molar-refractivity contribution is 5.45. The number of nitrogens with one attached hydrogen (secondary N) is 1. The van der Waals surface area contributed by atoms with Crippen LogP contribution in [0.4, 0.5) is 0 Å². The molecule has 5 N–H and O–H groups in total. The van der Waals surface area contributed by atoms with Crippen molar-refractivity contribution >= 4 is 0 Å². The topological polar surface area (TPSA) is 97.0 Å². The van der Waals surface area contributed by atoms with Crippen molar-refractivity contribution in [3.63, 3.8) is 0 Å². The Hall–Kier alpha value is -2.44. The van der Waals surface area contributed by atoms with Crippen molar-refractivity contribution in [1.82, 2.24) is 5.32 Å². The van der Waals surface area contributed by atoms with Crippen molar-refractivity contribution in [2.24, 2.45) is 5.73 Å². The van der Waals surface area contributed by atoms with Crippen LogP contribution in [0, 0.1) is 0 Å². The number of methoxy groups -OCH3 is 2. The molecule has 0 amide bonds. The van der Waals surface area contributed by atoms with Crippen molar-refractivity contribution in [2.45, 2.75) is 44.7 Å². The number of phenols is 1. The summed E-state index contributed by atoms with van der Waals surface area (Å²) in [5, 5.41) is 22.7. The lowest BCUT2D eigenvalue weighted by Crippen LogP contribution is -2.30. The monoisotopic (exact) mass is 390 g/mol. The molecule has 0 atom stereocenters. The highest BCUT2D eigenvalue weighted by Gasteiger charge is 2.14. The molecule has 2 rings (SSSR count). The van der Waals surface area contributed by atoms with Crippen LogP contribution in [0.5, 0.6) is 11.5 Å². The van der Waals surface area contributed by atoms with Gasteiger partial charge in [-0.2, -0.15) is 0 Å². The normalized spacial score (nSPS) is 15.0. The molecule has 1 saturated carbocycles. The molecular weight excluding hydrogens is 356 g/mol. The molecule has 0 bridgehead atoms. The molecule has 0 aromatic heterocycles. The number of hydrogen-bond donors (Lipinski definition) is 4. The second-order valence-corrected chi connectivity index (χ2v) is 6.59. The summed E-state index contributed by atoms with van der Waals surface area (Å²) in [4.78, 5) is 0. The number of aliphatic hydroxyl groups excluding tert-OH is 1. The molecule has 156 valence electrons. The highest BCUT2D eigenvalue weighted by atomic mass is 16.5. The van der Waals surface area contributed by atoms with E-state index in [9.17, 15) is 10.2 Å². The first-order chi connectivity index (χ1) is 13.5. The fraction of sp³-hybridized carbons (Fsp3) is 0.455. The lowest BCUT2D eigenvalue weighted by molar-refractivity contribution is 0.256. The lowest BCUT2D eigenvalue weighted by Gasteiger charge is -2.23. The fourth-order valence-electron chi connectivity index (χ4n) is 2.99. The van der Waals surface area contributed by atoms with Crippen LogP contribution in [-0.2, 0) is 11.3 Å². The summed E-state index contributed by atoms with van der Waals surface area (Å²) in [6, 6.07) is 6.23. The Morgan fingerprint density at radius 2 is 1.96 bits per heavy atom. The van der Waals surface area contributed by atoms with Crippen LogP contribution in [0.3, 0.4) is 0 Å². The molecule has 6 heteroatoms. The molecule has 0 radical (unpaired) electrons. The van der Waals surface area contributed by atoms with Gasteiger partial charge in [-0.05, 0) is 18.9 Å². The van der Waals surface area contributed by atoms with Crippen LogP contribution in [-0.4, -0.2) is 37.0 Å². The second-order valence-electron chi connectivity index (χ2n) is 6.59. The average Bonchev–Trinajstić information content (AvgIpc) is 2.74. The van der Waals surface area contributed by atoms with E-state index in [0.29, 0.717) is 23.9 Å². The van der Waals surface area contributed by atoms with Crippen molar-refractivity contribution in [3.05, 3.63) is 60.1 Å². The van der Waals surface area contributed by atoms with Crippen molar-refractivity contribution in [1.29, 1.82) is 0 Å². The minimum atomic E-state index is -0.0370. The van der Waals surface area contributed by atoms with Gasteiger partial charge in [-0.25, -0.2) is 0 Å². The lowest BCUT2D eigenvalue weighted by atomic mass is 9.95. The minimum Gasteiger partial charge on any atom is -0.504 e. The number of nitrogens with two attached hydrogens (primary N) is 1. The van der Waals surface area contributed by atoms with Gasteiger partial charge in [-0.15, -0.1) is 0 Å². The van der Waals surface area contributed by atoms with E-state index in [-0.39, 0.29) is 23.8 Å². The molecule has 1 aliphatic rings. The molecular formula is C22H34N2O4. The van der Waals surface area contributed by atoms with E-state index < -0.39 is 0 Å². The number of para-hydroxylation sites is 1. The van der Waals surface area contributed by atoms with Crippen LogP contribution in [0.15, 0.2) is 54.5 Å². The number of phenolic OH excluding ortho intramolecular Hbond substituents is 1. The van der Waals surface area contributed by atoms with Crippen molar-refractivity contribution in [3.8, 4) is 11.5 Å². The SMILES string of the molecule is C=C/C(CN)=C(/O)C(=C)OC.COc1cccc(CNC2CCCCC2)c1O. The van der Waals surface area contributed by atoms with E-state index in [0.717, 1.165) is 5.56 Å². The molecule has 1 aromatic carbocycles. The van der Waals surface area contributed by atoms with Crippen LogP contribution in [0.25, 0.3) is 0 Å². The van der Waals surface area contributed by atoms with Gasteiger partial charge in [0.15, 0.2) is 23.0 Å². The van der Waals surface area contributed by atoms with Crippen LogP contribution >= 0.6 is 0 Å². The van der Waals surface area contributed by atoms with Crippen LogP contribution < -0.4 is 15.8 Å². The molecule has 0 saturated heterocycles. The van der Waals surface area contributed by atoms with Gasteiger partial charge < -0.3 is 30.7 Å². The zero-order chi connectivity index (χ0) is 20.9. The summed E-state index contributed by atoms with van der Waals surface area (Å²) in [6.45, 7) is 7.87. The summed E-state index contributed by atoms with van der Waals surface area (Å²) >= 11 is 0. The molecule has 0 spiro atoms. The molecule has 1 fully saturated rings. The standard InChI is InChI=1S/C14H21NO2.C8H13NO2/c1-17-13-9-5-6-11(14(13)16)10-15-12-7-3-2-4-8-12;1-4-7(5-9)8(10)6(2)11-3/h5-6,9,12,15-16H,2-4,7-8,10H2,1H3;4,10H,1-2,5,9H2,3H3/b;8-7-. The van der Waals surface area contributed by atoms with Gasteiger partial charge in [0, 0.05) is 30.3 Å². The van der Waals surface area contributed by atoms with Crippen molar-refractivity contribution < 1.29 is 19.7 Å². The Labute approximate surface area is 168 Å². The summed E-state index contributed by atoms with van der Waals surface area (Å²) in [6.07, 6.45) is 7.99. The summed E-state index contributed by atoms with van der Waals surface area (Å²) in [7, 11) is 3.00. The predicted molar refractivity (Wildman–Crippen MR) is 113 cm³/mol. The molecule has 28 heavy (non-hydrogen) atoms. The minimum absolute atomic E-state index is 0.0370. The highest BCUT2D eigenvalue weighted by Crippen LogP contribution is 2.29. The largest absolute Gasteiger partial charge is 0.504 e. The van der Waals surface area contributed by atoms with Crippen molar-refractivity contribution in [2.75, 3.05) is 20.8 Å². The number of benzene rings is 1. The summed E-state index contributed by atoms with van der Waals surface area (Å²) < 4.78 is 9.79. The van der Waals surface area contributed by atoms with Gasteiger partial charge in [0.1, 0.15) is 0 Å². The predicted octanol–water partition coefficient (Wildman–Crippen LogP) is 3.93. The van der Waals surface area contributed by atoms with E-state index in [4.69, 9.17) is 15.2 Å². The molecule has 0 heterocycles. The first kappa shape index (κ1) is 23.6.